The van der Waals surface area contributed by atoms with Crippen LogP contribution in [0.2, 0.25) is 0 Å². The van der Waals surface area contributed by atoms with Crippen LogP contribution >= 0.6 is 0 Å². The predicted molar refractivity (Wildman–Crippen MR) is 54.6 cm³/mol. The lowest BCUT2D eigenvalue weighted by Crippen LogP contribution is -2.32. The summed E-state index contributed by atoms with van der Waals surface area (Å²) in [7, 11) is 0. The van der Waals surface area contributed by atoms with Gasteiger partial charge in [-0.05, 0) is 62.3 Å². The maximum absolute atomic E-state index is 3.71. The molecule has 1 N–H and O–H groups in total. The highest BCUT2D eigenvalue weighted by Gasteiger charge is 2.53. The van der Waals surface area contributed by atoms with Crippen molar-refractivity contribution in [1.82, 2.24) is 5.32 Å². The topological polar surface area (TPSA) is 12.0 Å². The molecule has 0 radical (unpaired) electrons. The second-order valence-electron chi connectivity index (χ2n) is 5.56. The number of hydrogen-bond donors (Lipinski definition) is 1. The van der Waals surface area contributed by atoms with Gasteiger partial charge in [0.2, 0.25) is 0 Å². The molecule has 3 aliphatic carbocycles. The molecule has 74 valence electrons. The summed E-state index contributed by atoms with van der Waals surface area (Å²) in [5, 5.41) is 3.71. The molecule has 1 nitrogen and oxygen atoms in total. The Labute approximate surface area is 81.3 Å². The van der Waals surface area contributed by atoms with Crippen molar-refractivity contribution in [3.63, 3.8) is 0 Å². The third kappa shape index (κ3) is 1.63. The fourth-order valence-electron chi connectivity index (χ4n) is 2.81. The number of nitrogens with one attached hydrogen (secondary N) is 1. The van der Waals surface area contributed by atoms with Gasteiger partial charge in [-0.25, -0.2) is 0 Å². The van der Waals surface area contributed by atoms with Crippen molar-refractivity contribution in [2.24, 2.45) is 17.3 Å². The van der Waals surface area contributed by atoms with Crippen molar-refractivity contribution in [2.45, 2.75) is 44.9 Å². The summed E-state index contributed by atoms with van der Waals surface area (Å²) < 4.78 is 0. The molecule has 0 saturated heterocycles. The van der Waals surface area contributed by atoms with Gasteiger partial charge < -0.3 is 5.32 Å². The minimum atomic E-state index is 0.809. The first-order chi connectivity index (χ1) is 6.39. The Morgan fingerprint density at radius 3 is 2.31 bits per heavy atom. The first-order valence-corrected chi connectivity index (χ1v) is 6.10. The maximum Gasteiger partial charge on any atom is 0.00106 e. The first kappa shape index (κ1) is 8.28. The van der Waals surface area contributed by atoms with Crippen LogP contribution in [-0.2, 0) is 0 Å². The highest BCUT2D eigenvalue weighted by atomic mass is 14.9. The fraction of sp³-hybridized carbons (Fsp3) is 1.00. The van der Waals surface area contributed by atoms with Gasteiger partial charge in [0.1, 0.15) is 0 Å². The zero-order valence-electron chi connectivity index (χ0n) is 8.52. The van der Waals surface area contributed by atoms with E-state index in [-0.39, 0.29) is 0 Å². The van der Waals surface area contributed by atoms with Crippen LogP contribution in [0.1, 0.15) is 44.9 Å². The Morgan fingerprint density at radius 2 is 1.85 bits per heavy atom. The standard InChI is InChI=1S/C12H21N/c1-2-10(3-1)8-13-9-12(6-7-12)11-4-5-11/h10-11,13H,1-9H2. The van der Waals surface area contributed by atoms with Crippen molar-refractivity contribution in [2.75, 3.05) is 13.1 Å². The van der Waals surface area contributed by atoms with Gasteiger partial charge in [-0.3, -0.25) is 0 Å². The van der Waals surface area contributed by atoms with E-state index in [0.29, 0.717) is 0 Å². The van der Waals surface area contributed by atoms with E-state index in [9.17, 15) is 0 Å². The van der Waals surface area contributed by atoms with Crippen LogP contribution in [0.4, 0.5) is 0 Å². The summed E-state index contributed by atoms with van der Waals surface area (Å²) in [5.74, 6) is 2.16. The largest absolute Gasteiger partial charge is 0.316 e. The maximum atomic E-state index is 3.71. The van der Waals surface area contributed by atoms with Crippen molar-refractivity contribution >= 4 is 0 Å². The van der Waals surface area contributed by atoms with Crippen molar-refractivity contribution in [1.29, 1.82) is 0 Å². The third-order valence-corrected chi connectivity index (χ3v) is 4.47. The van der Waals surface area contributed by atoms with E-state index in [2.05, 4.69) is 5.32 Å². The van der Waals surface area contributed by atoms with Crippen LogP contribution in [-0.4, -0.2) is 13.1 Å². The van der Waals surface area contributed by atoms with Crippen LogP contribution in [0.15, 0.2) is 0 Å². The van der Waals surface area contributed by atoms with E-state index < -0.39 is 0 Å². The average molecular weight is 179 g/mol. The molecule has 0 bridgehead atoms. The average Bonchev–Trinajstić information content (AvgIpc) is 2.82. The third-order valence-electron chi connectivity index (χ3n) is 4.47. The molecule has 0 aromatic carbocycles. The van der Waals surface area contributed by atoms with E-state index >= 15 is 0 Å². The number of hydrogen-bond acceptors (Lipinski definition) is 1. The molecule has 0 amide bonds. The molecule has 0 heterocycles. The van der Waals surface area contributed by atoms with Crippen molar-refractivity contribution in [3.05, 3.63) is 0 Å². The molecule has 13 heavy (non-hydrogen) atoms. The van der Waals surface area contributed by atoms with E-state index in [1.807, 2.05) is 0 Å². The van der Waals surface area contributed by atoms with Crippen LogP contribution in [0.25, 0.3) is 0 Å². The highest BCUT2D eigenvalue weighted by Crippen LogP contribution is 2.60. The summed E-state index contributed by atoms with van der Waals surface area (Å²) in [6, 6.07) is 0. The van der Waals surface area contributed by atoms with Gasteiger partial charge in [-0.2, -0.15) is 0 Å². The van der Waals surface area contributed by atoms with Gasteiger partial charge in [0.25, 0.3) is 0 Å². The normalized spacial score (nSPS) is 31.4. The van der Waals surface area contributed by atoms with Gasteiger partial charge in [0.05, 0.1) is 0 Å². The molecule has 3 saturated carbocycles. The molecule has 1 heteroatoms. The Morgan fingerprint density at radius 1 is 1.08 bits per heavy atom. The Kier molecular flexibility index (Phi) is 1.90. The van der Waals surface area contributed by atoms with Gasteiger partial charge in [-0.1, -0.05) is 6.42 Å². The lowest BCUT2D eigenvalue weighted by Gasteiger charge is -2.26. The molecule has 0 atom stereocenters. The van der Waals surface area contributed by atoms with Crippen molar-refractivity contribution < 1.29 is 0 Å². The van der Waals surface area contributed by atoms with E-state index in [4.69, 9.17) is 0 Å². The van der Waals surface area contributed by atoms with Crippen LogP contribution in [0.3, 0.4) is 0 Å². The summed E-state index contributed by atoms with van der Waals surface area (Å²) in [6.07, 6.45) is 10.6. The SMILES string of the molecule is C1CC(CNCC2(C3CC3)CC2)C1. The second-order valence-corrected chi connectivity index (χ2v) is 5.56. The first-order valence-electron chi connectivity index (χ1n) is 6.10. The molecular formula is C12H21N. The highest BCUT2D eigenvalue weighted by molar-refractivity contribution is 5.05. The smallest absolute Gasteiger partial charge is 0.00106 e. The van der Waals surface area contributed by atoms with Crippen LogP contribution in [0, 0.1) is 17.3 Å². The Hall–Kier alpha value is -0.0400. The predicted octanol–water partition coefficient (Wildman–Crippen LogP) is 2.57. The van der Waals surface area contributed by atoms with Crippen LogP contribution in [0.5, 0.6) is 0 Å². The summed E-state index contributed by atoms with van der Waals surface area (Å²) in [4.78, 5) is 0. The molecular weight excluding hydrogens is 158 g/mol. The van der Waals surface area contributed by atoms with E-state index in [0.717, 1.165) is 17.3 Å². The summed E-state index contributed by atoms with van der Waals surface area (Å²) in [6.45, 7) is 2.66. The molecule has 3 fully saturated rings. The molecule has 0 aromatic rings. The summed E-state index contributed by atoms with van der Waals surface area (Å²) in [5.41, 5.74) is 0.809. The monoisotopic (exact) mass is 179 g/mol. The van der Waals surface area contributed by atoms with Gasteiger partial charge in [0, 0.05) is 6.54 Å². The van der Waals surface area contributed by atoms with Gasteiger partial charge in [-0.15, -0.1) is 0 Å². The minimum Gasteiger partial charge on any atom is -0.316 e. The molecule has 0 aliphatic heterocycles. The lowest BCUT2D eigenvalue weighted by atomic mass is 9.85. The molecule has 3 rings (SSSR count). The van der Waals surface area contributed by atoms with Gasteiger partial charge >= 0.3 is 0 Å². The minimum absolute atomic E-state index is 0.809. The van der Waals surface area contributed by atoms with Crippen LogP contribution < -0.4 is 5.32 Å². The Bertz CT molecular complexity index is 187. The zero-order valence-corrected chi connectivity index (χ0v) is 8.52. The fourth-order valence-corrected chi connectivity index (χ4v) is 2.81. The zero-order chi connectivity index (χ0) is 8.73. The van der Waals surface area contributed by atoms with Gasteiger partial charge in [0.15, 0.2) is 0 Å². The molecule has 0 unspecified atom stereocenters. The quantitative estimate of drug-likeness (QED) is 0.684. The van der Waals surface area contributed by atoms with E-state index in [1.165, 1.54) is 58.0 Å². The summed E-state index contributed by atoms with van der Waals surface area (Å²) >= 11 is 0. The van der Waals surface area contributed by atoms with E-state index in [1.54, 1.807) is 0 Å². The number of rotatable bonds is 5. The molecule has 3 aliphatic rings. The lowest BCUT2D eigenvalue weighted by molar-refractivity contribution is 0.285. The Balaban J connectivity index is 1.37. The molecule has 0 aromatic heterocycles. The molecule has 0 spiro atoms. The van der Waals surface area contributed by atoms with Crippen molar-refractivity contribution in [3.8, 4) is 0 Å². The second kappa shape index (κ2) is 2.98.